The minimum absolute atomic E-state index is 0.00250. The molecule has 0 amide bonds. The normalized spacial score (nSPS) is 18.5. The van der Waals surface area contributed by atoms with E-state index in [0.717, 1.165) is 12.0 Å². The number of rotatable bonds is 6. The summed E-state index contributed by atoms with van der Waals surface area (Å²) < 4.78 is 0. The smallest absolute Gasteiger partial charge is 0.173 e. The summed E-state index contributed by atoms with van der Waals surface area (Å²) in [7, 11) is 0. The van der Waals surface area contributed by atoms with Crippen molar-refractivity contribution in [3.8, 4) is 6.07 Å². The zero-order chi connectivity index (χ0) is 21.7. The molecule has 1 aliphatic rings. The van der Waals surface area contributed by atoms with Gasteiger partial charge in [-0.15, -0.1) is 11.8 Å². The molecule has 2 aromatic carbocycles. The molecule has 4 nitrogen and oxygen atoms in total. The number of benzene rings is 2. The lowest BCUT2D eigenvalue weighted by molar-refractivity contribution is -0.114. The molecular formula is C25H24N2O2S. The van der Waals surface area contributed by atoms with Gasteiger partial charge in [0.05, 0.1) is 16.9 Å². The van der Waals surface area contributed by atoms with E-state index in [1.165, 1.54) is 24.2 Å². The average Bonchev–Trinajstić information content (AvgIpc) is 2.77. The molecular weight excluding hydrogens is 392 g/mol. The zero-order valence-electron chi connectivity index (χ0n) is 17.4. The molecule has 0 saturated heterocycles. The van der Waals surface area contributed by atoms with Crippen LogP contribution in [0.3, 0.4) is 0 Å². The number of ketones is 2. The van der Waals surface area contributed by atoms with Gasteiger partial charge in [0.2, 0.25) is 0 Å². The van der Waals surface area contributed by atoms with Gasteiger partial charge in [0, 0.05) is 22.8 Å². The number of hydrogen-bond donors (Lipinski definition) is 0. The summed E-state index contributed by atoms with van der Waals surface area (Å²) in [5.74, 6) is -0.867. The fourth-order valence-corrected chi connectivity index (χ4v) is 4.74. The summed E-state index contributed by atoms with van der Waals surface area (Å²) in [6, 6.07) is 19.5. The van der Waals surface area contributed by atoms with Crippen LogP contribution in [0.5, 0.6) is 0 Å². The lowest BCUT2D eigenvalue weighted by Gasteiger charge is -2.29. The Balaban J connectivity index is 1.88. The van der Waals surface area contributed by atoms with E-state index in [0.29, 0.717) is 21.9 Å². The minimum atomic E-state index is -0.602. The van der Waals surface area contributed by atoms with Crippen LogP contribution < -0.4 is 0 Å². The average molecular weight is 417 g/mol. The molecule has 0 bridgehead atoms. The molecule has 2 aromatic rings. The van der Waals surface area contributed by atoms with E-state index in [4.69, 9.17) is 0 Å². The van der Waals surface area contributed by atoms with Crippen LogP contribution >= 0.6 is 11.8 Å². The second-order valence-corrected chi connectivity index (χ2v) is 8.26. The molecule has 0 aliphatic carbocycles. The van der Waals surface area contributed by atoms with E-state index >= 15 is 0 Å². The van der Waals surface area contributed by atoms with Crippen molar-refractivity contribution in [3.63, 3.8) is 0 Å². The number of hydrogen-bond acceptors (Lipinski definition) is 5. The van der Waals surface area contributed by atoms with Gasteiger partial charge in [-0.25, -0.2) is 4.99 Å². The Morgan fingerprint density at radius 2 is 1.77 bits per heavy atom. The highest BCUT2D eigenvalue weighted by atomic mass is 32.2. The predicted molar refractivity (Wildman–Crippen MR) is 122 cm³/mol. The third-order valence-corrected chi connectivity index (χ3v) is 6.34. The van der Waals surface area contributed by atoms with Crippen LogP contribution in [-0.2, 0) is 11.2 Å². The molecule has 1 unspecified atom stereocenters. The molecule has 1 heterocycles. The maximum atomic E-state index is 12.7. The Kier molecular flexibility index (Phi) is 7.02. The van der Waals surface area contributed by atoms with Gasteiger partial charge >= 0.3 is 0 Å². The van der Waals surface area contributed by atoms with E-state index in [2.05, 4.69) is 18.0 Å². The number of carbonyl (C=O) groups excluding carboxylic acids is 2. The van der Waals surface area contributed by atoms with Crippen molar-refractivity contribution in [1.29, 1.82) is 5.26 Å². The maximum Gasteiger partial charge on any atom is 0.173 e. The fraction of sp³-hybridized carbons (Fsp3) is 0.280. The number of nitriles is 1. The second kappa shape index (κ2) is 9.69. The molecule has 152 valence electrons. The number of Topliss-reactive ketones (excluding diaryl/α,β-unsaturated/α-hetero) is 2. The largest absolute Gasteiger partial charge is 0.295 e. The minimum Gasteiger partial charge on any atom is -0.295 e. The van der Waals surface area contributed by atoms with Crippen LogP contribution in [0.4, 0.5) is 0 Å². The van der Waals surface area contributed by atoms with Gasteiger partial charge < -0.3 is 0 Å². The Morgan fingerprint density at radius 1 is 1.10 bits per heavy atom. The highest BCUT2D eigenvalue weighted by molar-refractivity contribution is 8.14. The number of nitrogens with zero attached hydrogens (tertiary/aromatic N) is 2. The first kappa shape index (κ1) is 21.7. The molecule has 0 saturated carbocycles. The molecule has 0 aromatic heterocycles. The maximum absolute atomic E-state index is 12.7. The van der Waals surface area contributed by atoms with Crippen molar-refractivity contribution in [2.24, 2.45) is 10.9 Å². The quantitative estimate of drug-likeness (QED) is 0.594. The number of carbonyl (C=O) groups is 2. The third-order valence-electron chi connectivity index (χ3n) is 5.29. The summed E-state index contributed by atoms with van der Waals surface area (Å²) in [4.78, 5) is 29.6. The highest BCUT2D eigenvalue weighted by Gasteiger charge is 2.37. The Morgan fingerprint density at radius 3 is 2.33 bits per heavy atom. The molecule has 3 rings (SSSR count). The van der Waals surface area contributed by atoms with Crippen molar-refractivity contribution in [3.05, 3.63) is 82.6 Å². The lowest BCUT2D eigenvalue weighted by Crippen LogP contribution is -2.28. The molecule has 1 aliphatic heterocycles. The van der Waals surface area contributed by atoms with E-state index in [-0.39, 0.29) is 23.2 Å². The third kappa shape index (κ3) is 4.60. The number of aliphatic imine (C=N–C) groups is 1. The number of allylic oxidation sites excluding steroid dienone is 2. The Labute approximate surface area is 181 Å². The van der Waals surface area contributed by atoms with Crippen LogP contribution in [-0.4, -0.2) is 22.4 Å². The Bertz CT molecular complexity index is 1050. The predicted octanol–water partition coefficient (Wildman–Crippen LogP) is 5.36. The van der Waals surface area contributed by atoms with E-state index in [9.17, 15) is 14.9 Å². The standard InChI is InChI=1S/C25H24N2O2S/c1-4-18-10-12-19(13-11-18)22(29)15-30-25-21(14-26)24(20-8-6-5-7-9-20)23(17(3)28)16(2)27-25/h5-13,21,24H,4,15H2,1-3H3/t21?,24-/m1/s1. The highest BCUT2D eigenvalue weighted by Crippen LogP contribution is 2.41. The van der Waals surface area contributed by atoms with Gasteiger partial charge in [-0.3, -0.25) is 9.59 Å². The second-order valence-electron chi connectivity index (χ2n) is 7.26. The summed E-state index contributed by atoms with van der Waals surface area (Å²) >= 11 is 1.29. The molecule has 0 N–H and O–H groups in total. The van der Waals surface area contributed by atoms with E-state index in [1.54, 1.807) is 6.92 Å². The van der Waals surface area contributed by atoms with E-state index < -0.39 is 5.92 Å². The van der Waals surface area contributed by atoms with Crippen LogP contribution in [0.1, 0.15) is 48.2 Å². The summed E-state index contributed by atoms with van der Waals surface area (Å²) in [5.41, 5.74) is 3.93. The van der Waals surface area contributed by atoms with Crippen molar-refractivity contribution < 1.29 is 9.59 Å². The van der Waals surface area contributed by atoms with Crippen LogP contribution in [0.2, 0.25) is 0 Å². The molecule has 0 spiro atoms. The first-order chi connectivity index (χ1) is 14.5. The van der Waals surface area contributed by atoms with Gasteiger partial charge in [0.1, 0.15) is 5.92 Å². The van der Waals surface area contributed by atoms with Crippen molar-refractivity contribution >= 4 is 28.4 Å². The van der Waals surface area contributed by atoms with E-state index in [1.807, 2.05) is 54.6 Å². The fourth-order valence-electron chi connectivity index (χ4n) is 3.72. The molecule has 0 radical (unpaired) electrons. The van der Waals surface area contributed by atoms with Crippen molar-refractivity contribution in [2.75, 3.05) is 5.75 Å². The van der Waals surface area contributed by atoms with Gasteiger partial charge in [0.15, 0.2) is 11.6 Å². The monoisotopic (exact) mass is 416 g/mol. The molecule has 30 heavy (non-hydrogen) atoms. The number of aryl methyl sites for hydroxylation is 1. The number of thioether (sulfide) groups is 1. The SMILES string of the molecule is CCc1ccc(C(=O)CSC2=NC(C)=C(C(C)=O)[C@H](c3ccccc3)C2C#N)cc1. The van der Waals surface area contributed by atoms with Crippen molar-refractivity contribution in [2.45, 2.75) is 33.1 Å². The molecule has 5 heteroatoms. The zero-order valence-corrected chi connectivity index (χ0v) is 18.2. The van der Waals surface area contributed by atoms with Crippen LogP contribution in [0.15, 0.2) is 70.9 Å². The summed E-state index contributed by atoms with van der Waals surface area (Å²) in [6.07, 6.45) is 0.925. The van der Waals surface area contributed by atoms with Crippen molar-refractivity contribution in [1.82, 2.24) is 0 Å². The summed E-state index contributed by atoms with van der Waals surface area (Å²) in [6.45, 7) is 5.39. The Hall–Kier alpha value is -2.97. The summed E-state index contributed by atoms with van der Waals surface area (Å²) in [5, 5.41) is 10.5. The molecule has 0 fully saturated rings. The van der Waals surface area contributed by atoms with Crippen LogP contribution in [0.25, 0.3) is 0 Å². The first-order valence-electron chi connectivity index (χ1n) is 9.96. The van der Waals surface area contributed by atoms with Gasteiger partial charge in [0.25, 0.3) is 0 Å². The van der Waals surface area contributed by atoms with Gasteiger partial charge in [-0.05, 0) is 31.4 Å². The topological polar surface area (TPSA) is 70.3 Å². The lowest BCUT2D eigenvalue weighted by atomic mass is 9.78. The molecule has 2 atom stereocenters. The van der Waals surface area contributed by atoms with Gasteiger partial charge in [-0.1, -0.05) is 61.5 Å². The van der Waals surface area contributed by atoms with Crippen LogP contribution in [0, 0.1) is 17.2 Å². The first-order valence-corrected chi connectivity index (χ1v) is 10.9. The van der Waals surface area contributed by atoms with Gasteiger partial charge in [-0.2, -0.15) is 5.26 Å².